The van der Waals surface area contributed by atoms with Crippen LogP contribution in [0, 0.1) is 0 Å². The fourth-order valence-electron chi connectivity index (χ4n) is 2.38. The summed E-state index contributed by atoms with van der Waals surface area (Å²) in [6.45, 7) is -0.414. The summed E-state index contributed by atoms with van der Waals surface area (Å²) in [6.07, 6.45) is -0.538. The molecule has 26 heavy (non-hydrogen) atoms. The molecule has 0 heterocycles. The van der Waals surface area contributed by atoms with Crippen molar-refractivity contribution < 1.29 is 10.2 Å². The van der Waals surface area contributed by atoms with Crippen LogP contribution in [-0.2, 0) is 11.5 Å². The summed E-state index contributed by atoms with van der Waals surface area (Å²) in [4.78, 5) is 2.83. The van der Waals surface area contributed by atoms with Gasteiger partial charge in [0.05, 0.1) is 23.3 Å². The van der Waals surface area contributed by atoms with Crippen molar-refractivity contribution in [1.29, 1.82) is 0 Å². The molecule has 2 atom stereocenters. The molecule has 0 aliphatic rings. The minimum Gasteiger partial charge on any atom is -0.394 e. The largest absolute Gasteiger partial charge is 0.394 e. The van der Waals surface area contributed by atoms with E-state index in [2.05, 4.69) is 34.3 Å². The Bertz CT molecular complexity index is 638. The summed E-state index contributed by atoms with van der Waals surface area (Å²) < 4.78 is 0.132. The third kappa shape index (κ3) is 7.32. The van der Waals surface area contributed by atoms with Crippen LogP contribution in [0.15, 0.2) is 65.8 Å². The zero-order valence-corrected chi connectivity index (χ0v) is 16.0. The molecule has 5 nitrogen and oxygen atoms in total. The number of azide groups is 1. The number of thioether (sulfide) groups is 2. The summed E-state index contributed by atoms with van der Waals surface area (Å²) in [5, 5.41) is 22.8. The lowest BCUT2D eigenvalue weighted by Crippen LogP contribution is -2.29. The zero-order valence-electron chi connectivity index (χ0n) is 14.4. The molecular weight excluding hydrogens is 366 g/mol. The Kier molecular flexibility index (Phi) is 9.45. The van der Waals surface area contributed by atoms with Crippen LogP contribution in [0.5, 0.6) is 0 Å². The van der Waals surface area contributed by atoms with E-state index >= 15 is 0 Å². The van der Waals surface area contributed by atoms with Crippen molar-refractivity contribution >= 4 is 23.5 Å². The van der Waals surface area contributed by atoms with E-state index in [-0.39, 0.29) is 4.58 Å². The first-order valence-electron chi connectivity index (χ1n) is 8.37. The van der Waals surface area contributed by atoms with Gasteiger partial charge >= 0.3 is 0 Å². The van der Waals surface area contributed by atoms with Gasteiger partial charge in [0.1, 0.15) is 0 Å². The number of aliphatic hydroxyl groups excluding tert-OH is 2. The highest BCUT2D eigenvalue weighted by Crippen LogP contribution is 2.34. The first-order valence-corrected chi connectivity index (χ1v) is 10.5. The molecule has 2 aromatic rings. The van der Waals surface area contributed by atoms with E-state index in [1.54, 1.807) is 23.5 Å². The van der Waals surface area contributed by atoms with Gasteiger partial charge in [-0.25, -0.2) is 0 Å². The number of hydrogen-bond acceptors (Lipinski definition) is 5. The van der Waals surface area contributed by atoms with Gasteiger partial charge in [-0.2, -0.15) is 0 Å². The van der Waals surface area contributed by atoms with Crippen molar-refractivity contribution in [2.24, 2.45) is 5.11 Å². The van der Waals surface area contributed by atoms with Crippen molar-refractivity contribution in [2.45, 2.75) is 34.7 Å². The van der Waals surface area contributed by atoms with E-state index in [1.165, 1.54) is 11.1 Å². The molecule has 0 aliphatic heterocycles. The summed E-state index contributed by atoms with van der Waals surface area (Å²) in [5.41, 5.74) is 11.2. The molecule has 0 saturated heterocycles. The maximum atomic E-state index is 9.93. The third-order valence-corrected chi connectivity index (χ3v) is 6.77. The lowest BCUT2D eigenvalue weighted by Gasteiger charge is -2.23. The van der Waals surface area contributed by atoms with Crippen LogP contribution < -0.4 is 0 Å². The van der Waals surface area contributed by atoms with Gasteiger partial charge < -0.3 is 10.2 Å². The molecule has 0 amide bonds. The lowest BCUT2D eigenvalue weighted by molar-refractivity contribution is 0.0731. The SMILES string of the molecule is [N-]=[N+]=N[C@@H](CC(SCc1ccccc1)SCc1ccccc1)[C@@H](O)CO. The number of benzene rings is 2. The quantitative estimate of drug-likeness (QED) is 0.254. The van der Waals surface area contributed by atoms with Gasteiger partial charge in [0.25, 0.3) is 0 Å². The number of hydrogen-bond donors (Lipinski definition) is 2. The predicted octanol–water partition coefficient (Wildman–Crippen LogP) is 4.60. The number of aliphatic hydroxyl groups is 2. The second-order valence-corrected chi connectivity index (χ2v) is 8.46. The first-order chi connectivity index (χ1) is 12.7. The predicted molar refractivity (Wildman–Crippen MR) is 110 cm³/mol. The molecule has 0 aromatic heterocycles. The van der Waals surface area contributed by atoms with Gasteiger partial charge in [-0.15, -0.1) is 23.5 Å². The van der Waals surface area contributed by atoms with Gasteiger partial charge in [-0.3, -0.25) is 0 Å². The molecule has 2 aromatic carbocycles. The molecule has 0 spiro atoms. The molecule has 0 saturated carbocycles. The standard InChI is InChI=1S/C19H23N3O2S2/c20-22-21-17(18(24)12-23)11-19(25-13-15-7-3-1-4-8-15)26-14-16-9-5-2-6-10-16/h1-10,17-19,23-24H,11-14H2/t17-,18-/m0/s1. The molecule has 2 rings (SSSR count). The van der Waals surface area contributed by atoms with Crippen LogP contribution in [0.4, 0.5) is 0 Å². The summed E-state index contributed by atoms with van der Waals surface area (Å²) in [7, 11) is 0. The highest BCUT2D eigenvalue weighted by Gasteiger charge is 2.23. The van der Waals surface area contributed by atoms with Gasteiger partial charge in [-0.1, -0.05) is 65.8 Å². The third-order valence-electron chi connectivity index (χ3n) is 3.82. The monoisotopic (exact) mass is 389 g/mol. The Morgan fingerprint density at radius 2 is 1.42 bits per heavy atom. The van der Waals surface area contributed by atoms with Crippen molar-refractivity contribution in [1.82, 2.24) is 0 Å². The Balaban J connectivity index is 2.02. The van der Waals surface area contributed by atoms with E-state index in [1.807, 2.05) is 36.4 Å². The van der Waals surface area contributed by atoms with Crippen molar-refractivity contribution in [2.75, 3.05) is 6.61 Å². The van der Waals surface area contributed by atoms with E-state index in [0.29, 0.717) is 6.42 Å². The van der Waals surface area contributed by atoms with Gasteiger partial charge in [0.15, 0.2) is 0 Å². The Morgan fingerprint density at radius 1 is 0.923 bits per heavy atom. The van der Waals surface area contributed by atoms with Crippen LogP contribution in [0.3, 0.4) is 0 Å². The average Bonchev–Trinajstić information content (AvgIpc) is 2.70. The van der Waals surface area contributed by atoms with Crippen LogP contribution in [0.1, 0.15) is 17.5 Å². The molecule has 0 radical (unpaired) electrons. The minimum absolute atomic E-state index is 0.132. The van der Waals surface area contributed by atoms with Gasteiger partial charge in [0, 0.05) is 16.4 Å². The second kappa shape index (κ2) is 11.9. The van der Waals surface area contributed by atoms with E-state index in [9.17, 15) is 10.2 Å². The molecule has 7 heteroatoms. The maximum Gasteiger partial charge on any atom is 0.0856 e. The molecule has 138 valence electrons. The molecule has 2 N–H and O–H groups in total. The van der Waals surface area contributed by atoms with Crippen molar-refractivity contribution in [3.8, 4) is 0 Å². The molecule has 0 bridgehead atoms. The number of rotatable bonds is 11. The van der Waals surface area contributed by atoms with Crippen molar-refractivity contribution in [3.05, 3.63) is 82.2 Å². The normalized spacial score (nSPS) is 13.2. The molecule has 0 fully saturated rings. The molecule has 0 unspecified atom stereocenters. The lowest BCUT2D eigenvalue weighted by atomic mass is 10.1. The first kappa shape index (κ1) is 20.7. The van der Waals surface area contributed by atoms with Crippen molar-refractivity contribution in [3.63, 3.8) is 0 Å². The fraction of sp³-hybridized carbons (Fsp3) is 0.368. The highest BCUT2D eigenvalue weighted by molar-refractivity contribution is 8.16. The van der Waals surface area contributed by atoms with Crippen LogP contribution in [0.2, 0.25) is 0 Å². The highest BCUT2D eigenvalue weighted by atomic mass is 32.2. The van der Waals surface area contributed by atoms with Crippen LogP contribution >= 0.6 is 23.5 Å². The number of nitrogens with zero attached hydrogens (tertiary/aromatic N) is 3. The Hall–Kier alpha value is -1.63. The van der Waals surface area contributed by atoms with Crippen LogP contribution in [0.25, 0.3) is 10.4 Å². The molecule has 0 aliphatic carbocycles. The average molecular weight is 390 g/mol. The second-order valence-electron chi connectivity index (χ2n) is 5.78. The van der Waals surface area contributed by atoms with Crippen LogP contribution in [-0.4, -0.2) is 33.5 Å². The maximum absolute atomic E-state index is 9.93. The summed E-state index contributed by atoms with van der Waals surface area (Å²) in [5.74, 6) is 1.68. The summed E-state index contributed by atoms with van der Waals surface area (Å²) >= 11 is 3.53. The minimum atomic E-state index is -1.04. The summed E-state index contributed by atoms with van der Waals surface area (Å²) in [6, 6.07) is 19.7. The zero-order chi connectivity index (χ0) is 18.6. The Morgan fingerprint density at radius 3 is 1.85 bits per heavy atom. The van der Waals surface area contributed by atoms with Gasteiger partial charge in [0.2, 0.25) is 0 Å². The Labute approximate surface area is 162 Å². The van der Waals surface area contributed by atoms with E-state index in [0.717, 1.165) is 11.5 Å². The van der Waals surface area contributed by atoms with E-state index < -0.39 is 18.8 Å². The molecular formula is C19H23N3O2S2. The topological polar surface area (TPSA) is 89.2 Å². The fourth-order valence-corrected chi connectivity index (χ4v) is 4.98. The van der Waals surface area contributed by atoms with Gasteiger partial charge in [-0.05, 0) is 23.1 Å². The smallest absolute Gasteiger partial charge is 0.0856 e. The van der Waals surface area contributed by atoms with E-state index in [4.69, 9.17) is 5.53 Å².